The van der Waals surface area contributed by atoms with Crippen LogP contribution in [0, 0.1) is 0 Å². The van der Waals surface area contributed by atoms with Gasteiger partial charge in [-0.3, -0.25) is 4.79 Å². The molecule has 0 aromatic heterocycles. The maximum absolute atomic E-state index is 13.1. The summed E-state index contributed by atoms with van der Waals surface area (Å²) in [5.74, 6) is -0.174. The Balaban J connectivity index is 2.13. The van der Waals surface area contributed by atoms with E-state index in [2.05, 4.69) is 79.9 Å². The summed E-state index contributed by atoms with van der Waals surface area (Å²) >= 11 is 0. The van der Waals surface area contributed by atoms with Gasteiger partial charge < -0.3 is 40.3 Å². The number of unbranched alkanes of at least 4 members (excludes halogenated alkanes) is 35. The van der Waals surface area contributed by atoms with Crippen molar-refractivity contribution in [3.8, 4) is 0 Å². The lowest BCUT2D eigenvalue weighted by Gasteiger charge is -2.40. The highest BCUT2D eigenvalue weighted by Gasteiger charge is 2.44. The summed E-state index contributed by atoms with van der Waals surface area (Å²) in [5, 5.41) is 54.8. The van der Waals surface area contributed by atoms with Gasteiger partial charge >= 0.3 is 0 Å². The zero-order valence-corrected chi connectivity index (χ0v) is 48.8. The highest BCUT2D eigenvalue weighted by atomic mass is 16.7. The van der Waals surface area contributed by atoms with E-state index in [4.69, 9.17) is 9.47 Å². The molecule has 1 heterocycles. The van der Waals surface area contributed by atoms with Crippen LogP contribution in [0.3, 0.4) is 0 Å². The first-order valence-electron chi connectivity index (χ1n) is 32.0. The predicted molar refractivity (Wildman–Crippen MR) is 318 cm³/mol. The monoisotopic (exact) mass is 1060 g/mol. The van der Waals surface area contributed by atoms with Gasteiger partial charge in [0.05, 0.1) is 25.4 Å². The van der Waals surface area contributed by atoms with Crippen LogP contribution in [0.15, 0.2) is 60.8 Å². The first kappa shape index (κ1) is 70.9. The van der Waals surface area contributed by atoms with Crippen molar-refractivity contribution in [2.24, 2.45) is 0 Å². The molecule has 7 atom stereocenters. The third kappa shape index (κ3) is 44.4. The van der Waals surface area contributed by atoms with Gasteiger partial charge in [-0.2, -0.15) is 0 Å². The fraction of sp³-hybridized carbons (Fsp3) is 0.833. The van der Waals surface area contributed by atoms with Crippen molar-refractivity contribution in [1.82, 2.24) is 5.32 Å². The molecule has 0 spiro atoms. The lowest BCUT2D eigenvalue weighted by molar-refractivity contribution is -0.302. The zero-order valence-electron chi connectivity index (χ0n) is 48.8. The standard InChI is InChI=1S/C66H121NO8/c1-3-5-7-9-11-13-15-17-19-21-23-24-25-26-27-28-29-30-31-32-33-34-35-36-38-39-41-43-45-47-49-51-53-55-60(69)59(58-74-66-65(73)64(72)63(71)61(57-68)75-66)67-62(70)56-54-52-50-48-46-44-42-40-37-22-20-18-16-14-12-10-8-6-4-2/h6,8,12,14,18,20,37,40,44,46,59-61,63-66,68-69,71-73H,3-5,7,9-11,13,15-17,19,21-36,38-39,41-43,45,47-58H2,1-2H3,(H,67,70)/b8-6-,14-12-,20-18-,40-37-,46-44-. The molecule has 1 aliphatic rings. The summed E-state index contributed by atoms with van der Waals surface area (Å²) in [7, 11) is 0. The Morgan fingerprint density at radius 1 is 0.467 bits per heavy atom. The van der Waals surface area contributed by atoms with Crippen LogP contribution in [0.2, 0.25) is 0 Å². The summed E-state index contributed by atoms with van der Waals surface area (Å²) < 4.78 is 11.3. The van der Waals surface area contributed by atoms with Crippen molar-refractivity contribution in [2.45, 2.75) is 339 Å². The highest BCUT2D eigenvalue weighted by molar-refractivity contribution is 5.76. The van der Waals surface area contributed by atoms with E-state index in [1.54, 1.807) is 0 Å². The second-order valence-corrected chi connectivity index (χ2v) is 22.2. The van der Waals surface area contributed by atoms with Crippen molar-refractivity contribution in [1.29, 1.82) is 0 Å². The Hall–Kier alpha value is -2.11. The molecule has 1 amide bonds. The third-order valence-corrected chi connectivity index (χ3v) is 15.1. The Morgan fingerprint density at radius 2 is 0.827 bits per heavy atom. The smallest absolute Gasteiger partial charge is 0.220 e. The SMILES string of the molecule is CC/C=C\C/C=C\C/C=C\C/C=C\C/C=C\CCCCCC(=O)NC(COC1OC(CO)C(O)C(O)C1O)C(O)CCCCCCCCCCCCCCCCCCCCCCCCCCCCCCCCCCC. The molecular weight excluding hydrogens is 935 g/mol. The van der Waals surface area contributed by atoms with Crippen molar-refractivity contribution in [2.75, 3.05) is 13.2 Å². The Morgan fingerprint density at radius 3 is 1.21 bits per heavy atom. The van der Waals surface area contributed by atoms with E-state index >= 15 is 0 Å². The van der Waals surface area contributed by atoms with E-state index in [0.29, 0.717) is 12.8 Å². The average molecular weight is 1060 g/mol. The molecule has 7 unspecified atom stereocenters. The molecule has 1 fully saturated rings. The van der Waals surface area contributed by atoms with E-state index in [0.717, 1.165) is 77.0 Å². The Kier molecular flexibility index (Phi) is 52.2. The van der Waals surface area contributed by atoms with Crippen molar-refractivity contribution >= 4 is 5.91 Å². The first-order chi connectivity index (χ1) is 36.8. The summed E-state index contributed by atoms with van der Waals surface area (Å²) in [4.78, 5) is 13.1. The Labute approximate surface area is 462 Å². The molecule has 1 rings (SSSR count). The van der Waals surface area contributed by atoms with E-state index in [1.165, 1.54) is 193 Å². The van der Waals surface area contributed by atoms with Gasteiger partial charge in [0.1, 0.15) is 24.4 Å². The maximum atomic E-state index is 13.1. The van der Waals surface area contributed by atoms with Gasteiger partial charge in [-0.15, -0.1) is 0 Å². The van der Waals surface area contributed by atoms with Crippen molar-refractivity contribution < 1.29 is 39.8 Å². The van der Waals surface area contributed by atoms with Gasteiger partial charge in [-0.05, 0) is 57.8 Å². The fourth-order valence-electron chi connectivity index (χ4n) is 10.1. The minimum absolute atomic E-state index is 0.153. The summed E-state index contributed by atoms with van der Waals surface area (Å²) in [6.45, 7) is 3.73. The topological polar surface area (TPSA) is 149 Å². The number of ether oxygens (including phenoxy) is 2. The minimum atomic E-state index is -1.56. The molecule has 9 nitrogen and oxygen atoms in total. The van der Waals surface area contributed by atoms with Crippen LogP contribution in [0.25, 0.3) is 0 Å². The molecule has 6 N–H and O–H groups in total. The lowest BCUT2D eigenvalue weighted by atomic mass is 9.99. The van der Waals surface area contributed by atoms with Gasteiger partial charge in [0.15, 0.2) is 6.29 Å². The average Bonchev–Trinajstić information content (AvgIpc) is 3.41. The largest absolute Gasteiger partial charge is 0.394 e. The van der Waals surface area contributed by atoms with E-state index < -0.39 is 49.5 Å². The molecular formula is C66H121NO8. The number of carbonyl (C=O) groups excluding carboxylic acids is 1. The van der Waals surface area contributed by atoms with Crippen LogP contribution in [-0.2, 0) is 14.3 Å². The molecule has 0 aromatic rings. The van der Waals surface area contributed by atoms with Gasteiger partial charge in [0.25, 0.3) is 0 Å². The molecule has 438 valence electrons. The first-order valence-corrected chi connectivity index (χ1v) is 32.0. The number of allylic oxidation sites excluding steroid dienone is 10. The van der Waals surface area contributed by atoms with Crippen LogP contribution in [0.1, 0.15) is 296 Å². The molecule has 0 aromatic carbocycles. The third-order valence-electron chi connectivity index (χ3n) is 15.1. The highest BCUT2D eigenvalue weighted by Crippen LogP contribution is 2.23. The van der Waals surface area contributed by atoms with Crippen LogP contribution in [0.4, 0.5) is 0 Å². The number of hydrogen-bond acceptors (Lipinski definition) is 8. The van der Waals surface area contributed by atoms with E-state index in [9.17, 15) is 30.3 Å². The van der Waals surface area contributed by atoms with E-state index in [1.807, 2.05) is 0 Å². The second kappa shape index (κ2) is 55.2. The number of carbonyl (C=O) groups is 1. The zero-order chi connectivity index (χ0) is 54.3. The number of rotatable bonds is 55. The summed E-state index contributed by atoms with van der Waals surface area (Å²) in [6, 6.07) is -0.741. The molecule has 0 radical (unpaired) electrons. The number of amides is 1. The van der Waals surface area contributed by atoms with Crippen molar-refractivity contribution in [3.05, 3.63) is 60.8 Å². The molecule has 0 bridgehead atoms. The minimum Gasteiger partial charge on any atom is -0.394 e. The lowest BCUT2D eigenvalue weighted by Crippen LogP contribution is -2.60. The van der Waals surface area contributed by atoms with Gasteiger partial charge in [-0.1, -0.05) is 293 Å². The molecule has 1 saturated heterocycles. The normalized spacial score (nSPS) is 19.3. The molecule has 75 heavy (non-hydrogen) atoms. The predicted octanol–water partition coefficient (Wildman–Crippen LogP) is 16.6. The molecule has 1 aliphatic heterocycles. The fourth-order valence-corrected chi connectivity index (χ4v) is 10.1. The number of aliphatic hydroxyl groups is 5. The molecule has 9 heteroatoms. The van der Waals surface area contributed by atoms with Crippen LogP contribution in [0.5, 0.6) is 0 Å². The maximum Gasteiger partial charge on any atom is 0.220 e. The Bertz CT molecular complexity index is 1360. The summed E-state index contributed by atoms with van der Waals surface area (Å²) in [5.41, 5.74) is 0. The van der Waals surface area contributed by atoms with Gasteiger partial charge in [0, 0.05) is 6.42 Å². The van der Waals surface area contributed by atoms with Gasteiger partial charge in [0.2, 0.25) is 5.91 Å². The van der Waals surface area contributed by atoms with Gasteiger partial charge in [-0.25, -0.2) is 0 Å². The number of aliphatic hydroxyl groups excluding tert-OH is 5. The number of hydrogen-bond donors (Lipinski definition) is 6. The quantitative estimate of drug-likeness (QED) is 0.0261. The van der Waals surface area contributed by atoms with Crippen LogP contribution in [-0.4, -0.2) is 87.5 Å². The van der Waals surface area contributed by atoms with E-state index in [-0.39, 0.29) is 12.5 Å². The van der Waals surface area contributed by atoms with Crippen molar-refractivity contribution in [3.63, 3.8) is 0 Å². The van der Waals surface area contributed by atoms with Crippen LogP contribution >= 0.6 is 0 Å². The van der Waals surface area contributed by atoms with Crippen LogP contribution < -0.4 is 5.32 Å². The molecule has 0 saturated carbocycles. The second-order valence-electron chi connectivity index (χ2n) is 22.2. The molecule has 0 aliphatic carbocycles. The summed E-state index contributed by atoms with van der Waals surface area (Å²) in [6.07, 6.45) is 68.5. The number of nitrogens with one attached hydrogen (secondary N) is 1.